The van der Waals surface area contributed by atoms with Crippen molar-refractivity contribution >= 4 is 16.9 Å². The summed E-state index contributed by atoms with van der Waals surface area (Å²) in [7, 11) is 4.99. The highest BCUT2D eigenvalue weighted by Crippen LogP contribution is 2.30. The van der Waals surface area contributed by atoms with Crippen LogP contribution in [0.2, 0.25) is 0 Å². The molecule has 3 aromatic rings. The van der Waals surface area contributed by atoms with E-state index in [1.165, 1.54) is 0 Å². The lowest BCUT2D eigenvalue weighted by Crippen LogP contribution is -2.23. The van der Waals surface area contributed by atoms with Crippen molar-refractivity contribution in [3.8, 4) is 11.5 Å². The van der Waals surface area contributed by atoms with E-state index in [4.69, 9.17) is 9.47 Å². The van der Waals surface area contributed by atoms with E-state index in [2.05, 4.69) is 15.4 Å². The average molecular weight is 354 g/mol. The van der Waals surface area contributed by atoms with Crippen LogP contribution in [0.1, 0.15) is 27.3 Å². The second kappa shape index (κ2) is 7.03. The molecule has 0 bridgehead atoms. The summed E-state index contributed by atoms with van der Waals surface area (Å²) in [6, 6.07) is 7.36. The van der Waals surface area contributed by atoms with Crippen LogP contribution in [0.15, 0.2) is 24.3 Å². The number of hydrogen-bond acceptors (Lipinski definition) is 5. The van der Waals surface area contributed by atoms with Crippen LogP contribution >= 0.6 is 0 Å². The molecular formula is C19H22N4O3. The smallest absolute Gasteiger partial charge is 0.252 e. The van der Waals surface area contributed by atoms with Crippen molar-refractivity contribution < 1.29 is 14.3 Å². The lowest BCUT2D eigenvalue weighted by atomic mass is 10.1. The Bertz CT molecular complexity index is 979. The number of amides is 1. The molecule has 3 rings (SSSR count). The molecule has 1 amide bonds. The third-order valence-electron chi connectivity index (χ3n) is 4.27. The Morgan fingerprint density at radius 2 is 2.00 bits per heavy atom. The van der Waals surface area contributed by atoms with Gasteiger partial charge < -0.3 is 14.8 Å². The number of aryl methyl sites for hydroxylation is 3. The van der Waals surface area contributed by atoms with Gasteiger partial charge in [0.05, 0.1) is 30.9 Å². The molecule has 0 radical (unpaired) electrons. The van der Waals surface area contributed by atoms with Crippen molar-refractivity contribution in [3.05, 3.63) is 46.8 Å². The molecule has 0 saturated carbocycles. The maximum atomic E-state index is 12.9. The topological polar surface area (TPSA) is 78.3 Å². The fourth-order valence-corrected chi connectivity index (χ4v) is 3.11. The van der Waals surface area contributed by atoms with E-state index in [1.54, 1.807) is 25.0 Å². The summed E-state index contributed by atoms with van der Waals surface area (Å²) in [5.41, 5.74) is 3.65. The normalized spacial score (nSPS) is 10.8. The molecule has 0 aliphatic carbocycles. The number of pyridine rings is 1. The van der Waals surface area contributed by atoms with Gasteiger partial charge in [0.15, 0.2) is 17.1 Å². The van der Waals surface area contributed by atoms with E-state index in [0.29, 0.717) is 29.3 Å². The molecule has 0 aliphatic rings. The quantitative estimate of drug-likeness (QED) is 0.762. The minimum absolute atomic E-state index is 0.179. The molecular weight excluding hydrogens is 332 g/mol. The molecule has 0 atom stereocenters. The maximum Gasteiger partial charge on any atom is 0.252 e. The summed E-state index contributed by atoms with van der Waals surface area (Å²) in [6.45, 7) is 4.06. The average Bonchev–Trinajstić information content (AvgIpc) is 2.92. The van der Waals surface area contributed by atoms with Gasteiger partial charge >= 0.3 is 0 Å². The second-order valence-corrected chi connectivity index (χ2v) is 6.05. The van der Waals surface area contributed by atoms with E-state index in [9.17, 15) is 4.79 Å². The van der Waals surface area contributed by atoms with Crippen LogP contribution in [0.4, 0.5) is 0 Å². The van der Waals surface area contributed by atoms with Gasteiger partial charge in [-0.1, -0.05) is 12.1 Å². The van der Waals surface area contributed by atoms with Gasteiger partial charge in [0, 0.05) is 24.8 Å². The van der Waals surface area contributed by atoms with Crippen molar-refractivity contribution in [2.24, 2.45) is 7.05 Å². The summed E-state index contributed by atoms with van der Waals surface area (Å²) in [5.74, 6) is 1.06. The number of ether oxygens (including phenoxy) is 2. The number of nitrogens with zero attached hydrogens (tertiary/aromatic N) is 3. The number of fused-ring (bicyclic) bond motifs is 1. The molecule has 1 aromatic carbocycles. The first-order valence-corrected chi connectivity index (χ1v) is 8.25. The zero-order valence-electron chi connectivity index (χ0n) is 15.6. The standard InChI is InChI=1S/C19H22N4O3/c1-11-9-14(16-12(2)22-23(3)18(16)21-11)19(24)20-10-13-7-6-8-15(25-4)17(13)26-5/h6-9H,10H2,1-5H3,(H,20,24). The van der Waals surface area contributed by atoms with Gasteiger partial charge in [0.25, 0.3) is 5.91 Å². The first kappa shape index (κ1) is 17.7. The van der Waals surface area contributed by atoms with E-state index in [-0.39, 0.29) is 5.91 Å². The van der Waals surface area contributed by atoms with Crippen LogP contribution in [0.25, 0.3) is 11.0 Å². The number of rotatable bonds is 5. The number of carbonyl (C=O) groups is 1. The first-order chi connectivity index (χ1) is 12.5. The largest absolute Gasteiger partial charge is 0.493 e. The first-order valence-electron chi connectivity index (χ1n) is 8.25. The van der Waals surface area contributed by atoms with Gasteiger partial charge in [-0.15, -0.1) is 0 Å². The summed E-state index contributed by atoms with van der Waals surface area (Å²) in [4.78, 5) is 17.3. The van der Waals surface area contributed by atoms with Crippen LogP contribution < -0.4 is 14.8 Å². The predicted molar refractivity (Wildman–Crippen MR) is 98.7 cm³/mol. The van der Waals surface area contributed by atoms with Gasteiger partial charge in [-0.3, -0.25) is 9.48 Å². The Hall–Kier alpha value is -3.09. The number of aromatic nitrogens is 3. The van der Waals surface area contributed by atoms with E-state index < -0.39 is 0 Å². The van der Waals surface area contributed by atoms with Crippen LogP contribution in [0, 0.1) is 13.8 Å². The summed E-state index contributed by atoms with van der Waals surface area (Å²) in [5, 5.41) is 8.11. The van der Waals surface area contributed by atoms with Crippen molar-refractivity contribution in [1.29, 1.82) is 0 Å². The number of methoxy groups -OCH3 is 2. The van der Waals surface area contributed by atoms with Crippen molar-refractivity contribution in [2.75, 3.05) is 14.2 Å². The van der Waals surface area contributed by atoms with E-state index in [1.807, 2.05) is 39.1 Å². The Morgan fingerprint density at radius 3 is 2.69 bits per heavy atom. The lowest BCUT2D eigenvalue weighted by molar-refractivity contribution is 0.0952. The molecule has 0 unspecified atom stereocenters. The Labute approximate surface area is 151 Å². The molecule has 2 aromatic heterocycles. The lowest BCUT2D eigenvalue weighted by Gasteiger charge is -2.13. The number of nitrogens with one attached hydrogen (secondary N) is 1. The zero-order valence-corrected chi connectivity index (χ0v) is 15.6. The Morgan fingerprint density at radius 1 is 1.23 bits per heavy atom. The minimum atomic E-state index is -0.179. The molecule has 136 valence electrons. The van der Waals surface area contributed by atoms with E-state index in [0.717, 1.165) is 22.3 Å². The molecule has 0 saturated heterocycles. The highest BCUT2D eigenvalue weighted by molar-refractivity contribution is 6.06. The predicted octanol–water partition coefficient (Wildman–Crippen LogP) is 2.53. The third kappa shape index (κ3) is 3.08. The third-order valence-corrected chi connectivity index (χ3v) is 4.27. The van der Waals surface area contributed by atoms with Crippen molar-refractivity contribution in [1.82, 2.24) is 20.1 Å². The summed E-state index contributed by atoms with van der Waals surface area (Å²) in [6.07, 6.45) is 0. The van der Waals surface area contributed by atoms with Crippen LogP contribution in [0.3, 0.4) is 0 Å². The van der Waals surface area contributed by atoms with Crippen molar-refractivity contribution in [2.45, 2.75) is 20.4 Å². The van der Waals surface area contributed by atoms with Crippen molar-refractivity contribution in [3.63, 3.8) is 0 Å². The highest BCUT2D eigenvalue weighted by atomic mass is 16.5. The van der Waals surface area contributed by atoms with Gasteiger partial charge in [0.2, 0.25) is 0 Å². The molecule has 0 aliphatic heterocycles. The fourth-order valence-electron chi connectivity index (χ4n) is 3.11. The zero-order chi connectivity index (χ0) is 18.8. The van der Waals surface area contributed by atoms with Gasteiger partial charge in [0.1, 0.15) is 0 Å². The number of carbonyl (C=O) groups excluding carboxylic acids is 1. The number of hydrogen-bond donors (Lipinski definition) is 1. The minimum Gasteiger partial charge on any atom is -0.493 e. The van der Waals surface area contributed by atoms with Crippen LogP contribution in [0.5, 0.6) is 11.5 Å². The molecule has 7 nitrogen and oxygen atoms in total. The number of benzene rings is 1. The molecule has 0 fully saturated rings. The fraction of sp³-hybridized carbons (Fsp3) is 0.316. The molecule has 26 heavy (non-hydrogen) atoms. The number of para-hydroxylation sites is 1. The van der Waals surface area contributed by atoms with Gasteiger partial charge in [-0.2, -0.15) is 5.10 Å². The molecule has 0 spiro atoms. The van der Waals surface area contributed by atoms with E-state index >= 15 is 0 Å². The van der Waals surface area contributed by atoms with Crippen LogP contribution in [-0.2, 0) is 13.6 Å². The summed E-state index contributed by atoms with van der Waals surface area (Å²) >= 11 is 0. The van der Waals surface area contributed by atoms with Crippen LogP contribution in [-0.4, -0.2) is 34.9 Å². The second-order valence-electron chi connectivity index (χ2n) is 6.05. The maximum absolute atomic E-state index is 12.9. The van der Waals surface area contributed by atoms with Gasteiger partial charge in [-0.05, 0) is 26.0 Å². The molecule has 1 N–H and O–H groups in total. The highest BCUT2D eigenvalue weighted by Gasteiger charge is 2.18. The summed E-state index contributed by atoms with van der Waals surface area (Å²) < 4.78 is 12.4. The molecule has 2 heterocycles. The Kier molecular flexibility index (Phi) is 4.79. The SMILES string of the molecule is COc1cccc(CNC(=O)c2cc(C)nc3c2c(C)nn3C)c1OC. The monoisotopic (exact) mass is 354 g/mol. The molecule has 7 heteroatoms. The van der Waals surface area contributed by atoms with Gasteiger partial charge in [-0.25, -0.2) is 4.98 Å². The Balaban J connectivity index is 1.92.